The van der Waals surface area contributed by atoms with Crippen LogP contribution in [0.25, 0.3) is 0 Å². The van der Waals surface area contributed by atoms with Crippen molar-refractivity contribution in [2.24, 2.45) is 0 Å². The molecule has 0 aliphatic rings. The van der Waals surface area contributed by atoms with E-state index >= 15 is 0 Å². The molecule has 22 heavy (non-hydrogen) atoms. The highest BCUT2D eigenvalue weighted by molar-refractivity contribution is 6.00. The van der Waals surface area contributed by atoms with Gasteiger partial charge < -0.3 is 15.4 Å². The Hall–Kier alpha value is -3.09. The van der Waals surface area contributed by atoms with Crippen molar-refractivity contribution in [2.45, 2.75) is 6.92 Å². The molecule has 2 rings (SSSR count). The minimum Gasteiger partial charge on any atom is -0.495 e. The Labute approximate surface area is 127 Å². The molecule has 2 amide bonds. The van der Waals surface area contributed by atoms with E-state index in [1.807, 2.05) is 19.1 Å². The lowest BCUT2D eigenvalue weighted by Crippen LogP contribution is -2.19. The van der Waals surface area contributed by atoms with Gasteiger partial charge in [0.25, 0.3) is 5.69 Å². The number of carbonyl (C=O) groups is 1. The third-order valence-corrected chi connectivity index (χ3v) is 2.95. The van der Waals surface area contributed by atoms with E-state index in [-0.39, 0.29) is 11.4 Å². The molecule has 0 bridgehead atoms. The lowest BCUT2D eigenvalue weighted by atomic mass is 10.2. The molecule has 0 atom stereocenters. The van der Waals surface area contributed by atoms with Crippen LogP contribution in [0.2, 0.25) is 0 Å². The molecule has 0 spiro atoms. The Morgan fingerprint density at radius 1 is 1.14 bits per heavy atom. The second-order valence-corrected chi connectivity index (χ2v) is 4.59. The van der Waals surface area contributed by atoms with Crippen LogP contribution in [0.3, 0.4) is 0 Å². The molecule has 0 heterocycles. The first-order chi connectivity index (χ1) is 10.5. The Bertz CT molecular complexity index is 698. The monoisotopic (exact) mass is 301 g/mol. The molecule has 0 unspecified atom stereocenters. The number of carbonyl (C=O) groups excluding carboxylic acids is 1. The molecule has 7 heteroatoms. The van der Waals surface area contributed by atoms with Gasteiger partial charge >= 0.3 is 6.03 Å². The van der Waals surface area contributed by atoms with Crippen LogP contribution in [0.5, 0.6) is 5.75 Å². The number of hydrogen-bond donors (Lipinski definition) is 2. The maximum absolute atomic E-state index is 12.0. The van der Waals surface area contributed by atoms with E-state index in [9.17, 15) is 14.9 Å². The lowest BCUT2D eigenvalue weighted by Gasteiger charge is -2.11. The van der Waals surface area contributed by atoms with Crippen LogP contribution >= 0.6 is 0 Å². The Morgan fingerprint density at radius 3 is 2.41 bits per heavy atom. The average molecular weight is 301 g/mol. The molecule has 0 saturated carbocycles. The van der Waals surface area contributed by atoms with Crippen LogP contribution in [0.4, 0.5) is 21.9 Å². The summed E-state index contributed by atoms with van der Waals surface area (Å²) in [6.07, 6.45) is 0. The first kappa shape index (κ1) is 15.3. The quantitative estimate of drug-likeness (QED) is 0.667. The van der Waals surface area contributed by atoms with Crippen LogP contribution in [0.1, 0.15) is 5.56 Å². The fourth-order valence-electron chi connectivity index (χ4n) is 1.83. The van der Waals surface area contributed by atoms with Crippen molar-refractivity contribution in [3.63, 3.8) is 0 Å². The Balaban J connectivity index is 2.14. The van der Waals surface area contributed by atoms with Gasteiger partial charge in [-0.15, -0.1) is 0 Å². The summed E-state index contributed by atoms with van der Waals surface area (Å²) in [7, 11) is 1.42. The standard InChI is InChI=1S/C15H15N3O4/c1-10-3-5-11(6-4-10)16-15(19)17-13-9-12(18(20)21)7-8-14(13)22-2/h3-9H,1-2H3,(H2,16,17,19). The van der Waals surface area contributed by atoms with E-state index < -0.39 is 11.0 Å². The van der Waals surface area contributed by atoms with Crippen molar-refractivity contribution in [3.8, 4) is 5.75 Å². The smallest absolute Gasteiger partial charge is 0.323 e. The second kappa shape index (κ2) is 6.57. The van der Waals surface area contributed by atoms with E-state index in [1.54, 1.807) is 12.1 Å². The summed E-state index contributed by atoms with van der Waals surface area (Å²) in [6, 6.07) is 10.7. The number of aryl methyl sites for hydroxylation is 1. The largest absolute Gasteiger partial charge is 0.495 e. The molecule has 2 aromatic carbocycles. The van der Waals surface area contributed by atoms with Gasteiger partial charge in [-0.25, -0.2) is 4.79 Å². The van der Waals surface area contributed by atoms with Gasteiger partial charge in [0.1, 0.15) is 5.75 Å². The number of nitrogens with zero attached hydrogens (tertiary/aromatic N) is 1. The molecular formula is C15H15N3O4. The molecule has 0 saturated heterocycles. The summed E-state index contributed by atoms with van der Waals surface area (Å²) < 4.78 is 5.08. The molecule has 0 radical (unpaired) electrons. The van der Waals surface area contributed by atoms with Crippen LogP contribution < -0.4 is 15.4 Å². The Kier molecular flexibility index (Phi) is 4.57. The maximum atomic E-state index is 12.0. The van der Waals surface area contributed by atoms with Gasteiger partial charge in [0.15, 0.2) is 0 Å². The van der Waals surface area contributed by atoms with Crippen molar-refractivity contribution in [2.75, 3.05) is 17.7 Å². The summed E-state index contributed by atoms with van der Waals surface area (Å²) in [6.45, 7) is 1.94. The van der Waals surface area contributed by atoms with Gasteiger partial charge in [-0.05, 0) is 25.1 Å². The predicted molar refractivity (Wildman–Crippen MR) is 83.5 cm³/mol. The first-order valence-electron chi connectivity index (χ1n) is 6.46. The number of benzene rings is 2. The highest BCUT2D eigenvalue weighted by Crippen LogP contribution is 2.28. The van der Waals surface area contributed by atoms with Gasteiger partial charge in [0.2, 0.25) is 0 Å². The predicted octanol–water partition coefficient (Wildman–Crippen LogP) is 3.56. The lowest BCUT2D eigenvalue weighted by molar-refractivity contribution is -0.384. The molecule has 7 nitrogen and oxygen atoms in total. The molecule has 0 aliphatic carbocycles. The van der Waals surface area contributed by atoms with E-state index in [1.165, 1.54) is 25.3 Å². The van der Waals surface area contributed by atoms with Gasteiger partial charge in [-0.2, -0.15) is 0 Å². The fourth-order valence-corrected chi connectivity index (χ4v) is 1.83. The molecule has 0 fully saturated rings. The molecule has 2 N–H and O–H groups in total. The normalized spacial score (nSPS) is 9.91. The molecule has 114 valence electrons. The number of methoxy groups -OCH3 is 1. The zero-order valence-corrected chi connectivity index (χ0v) is 12.1. The summed E-state index contributed by atoms with van der Waals surface area (Å²) in [5.41, 5.74) is 1.78. The number of ether oxygens (including phenoxy) is 1. The van der Waals surface area contributed by atoms with E-state index in [4.69, 9.17) is 4.74 Å². The second-order valence-electron chi connectivity index (χ2n) is 4.59. The number of amides is 2. The number of urea groups is 1. The zero-order valence-electron chi connectivity index (χ0n) is 12.1. The summed E-state index contributed by atoms with van der Waals surface area (Å²) in [5, 5.41) is 16.0. The molecule has 0 aromatic heterocycles. The SMILES string of the molecule is COc1ccc([N+](=O)[O-])cc1NC(=O)Nc1ccc(C)cc1. The van der Waals surface area contributed by atoms with Gasteiger partial charge in [0.05, 0.1) is 17.7 Å². The van der Waals surface area contributed by atoms with Crippen molar-refractivity contribution in [1.82, 2.24) is 0 Å². The summed E-state index contributed by atoms with van der Waals surface area (Å²) in [4.78, 5) is 22.2. The fraction of sp³-hybridized carbons (Fsp3) is 0.133. The third kappa shape index (κ3) is 3.72. The van der Waals surface area contributed by atoms with Crippen LogP contribution in [-0.4, -0.2) is 18.1 Å². The van der Waals surface area contributed by atoms with Crippen molar-refractivity contribution >= 4 is 23.1 Å². The molecular weight excluding hydrogens is 286 g/mol. The van der Waals surface area contributed by atoms with Crippen molar-refractivity contribution in [3.05, 3.63) is 58.1 Å². The van der Waals surface area contributed by atoms with E-state index in [0.29, 0.717) is 11.4 Å². The van der Waals surface area contributed by atoms with E-state index in [2.05, 4.69) is 10.6 Å². The number of anilines is 2. The highest BCUT2D eigenvalue weighted by Gasteiger charge is 2.13. The number of non-ortho nitro benzene ring substituents is 1. The van der Waals surface area contributed by atoms with Crippen molar-refractivity contribution < 1.29 is 14.5 Å². The average Bonchev–Trinajstić information content (AvgIpc) is 2.49. The number of nitro benzene ring substituents is 1. The number of hydrogen-bond acceptors (Lipinski definition) is 4. The topological polar surface area (TPSA) is 93.5 Å². The van der Waals surface area contributed by atoms with Crippen LogP contribution in [0.15, 0.2) is 42.5 Å². The summed E-state index contributed by atoms with van der Waals surface area (Å²) in [5.74, 6) is 0.338. The zero-order chi connectivity index (χ0) is 16.1. The minimum atomic E-state index is -0.539. The van der Waals surface area contributed by atoms with Gasteiger partial charge in [-0.1, -0.05) is 17.7 Å². The number of rotatable bonds is 4. The summed E-state index contributed by atoms with van der Waals surface area (Å²) >= 11 is 0. The maximum Gasteiger partial charge on any atom is 0.323 e. The van der Waals surface area contributed by atoms with Crippen molar-refractivity contribution in [1.29, 1.82) is 0 Å². The minimum absolute atomic E-state index is 0.133. The van der Waals surface area contributed by atoms with Crippen LogP contribution in [-0.2, 0) is 0 Å². The third-order valence-electron chi connectivity index (χ3n) is 2.95. The number of nitro groups is 1. The molecule has 0 aliphatic heterocycles. The van der Waals surface area contributed by atoms with E-state index in [0.717, 1.165) is 5.56 Å². The first-order valence-corrected chi connectivity index (χ1v) is 6.46. The van der Waals surface area contributed by atoms with Crippen LogP contribution in [0, 0.1) is 17.0 Å². The Morgan fingerprint density at radius 2 is 1.82 bits per heavy atom. The molecule has 2 aromatic rings. The van der Waals surface area contributed by atoms with Gasteiger partial charge in [0, 0.05) is 17.8 Å². The highest BCUT2D eigenvalue weighted by atomic mass is 16.6. The van der Waals surface area contributed by atoms with Gasteiger partial charge in [-0.3, -0.25) is 10.1 Å². The number of nitrogens with one attached hydrogen (secondary N) is 2.